The summed E-state index contributed by atoms with van der Waals surface area (Å²) in [4.78, 5) is 16.4. The van der Waals surface area contributed by atoms with Crippen molar-refractivity contribution in [3.05, 3.63) is 109 Å². The Morgan fingerprint density at radius 3 is 1.88 bits per heavy atom. The number of nitrogens with zero attached hydrogens (tertiary/aromatic N) is 2. The lowest BCUT2D eigenvalue weighted by molar-refractivity contribution is -0.133. The summed E-state index contributed by atoms with van der Waals surface area (Å²) in [7, 11) is -13.3. The molecule has 1 heterocycles. The van der Waals surface area contributed by atoms with E-state index >= 15 is 0 Å². The Balaban J connectivity index is 1.29. The Bertz CT molecular complexity index is 2110. The second-order valence-electron chi connectivity index (χ2n) is 14.6. The fourth-order valence-corrected chi connectivity index (χ4v) is 13.9. The molecule has 1 aliphatic rings. The molecule has 0 saturated carbocycles. The molecular weight excluding hydrogens is 802 g/mol. The number of hydrogen-bond donors (Lipinski definition) is 2. The molecule has 0 aromatic heterocycles. The van der Waals surface area contributed by atoms with Crippen LogP contribution in [0.5, 0.6) is 0 Å². The fraction of sp³-hybridized carbons (Fsp3) is 0.359. The number of alkyl halides is 3. The first-order valence-corrected chi connectivity index (χ1v) is 23.9. The van der Waals surface area contributed by atoms with Gasteiger partial charge in [0, 0.05) is 62.4 Å². The lowest BCUT2D eigenvalue weighted by Gasteiger charge is -2.43. The lowest BCUT2D eigenvalue weighted by atomic mass is 10.1. The van der Waals surface area contributed by atoms with Crippen molar-refractivity contribution < 1.29 is 39.2 Å². The van der Waals surface area contributed by atoms with Gasteiger partial charge < -0.3 is 14.6 Å². The Hall–Kier alpha value is -3.71. The topological polar surface area (TPSA) is 139 Å². The van der Waals surface area contributed by atoms with Gasteiger partial charge in [-0.05, 0) is 45.7 Å². The van der Waals surface area contributed by atoms with E-state index in [4.69, 9.17) is 9.56 Å². The van der Waals surface area contributed by atoms with Crippen LogP contribution in [-0.2, 0) is 29.1 Å². The number of carbonyl (C=O) groups excluding carboxylic acids is 1. The summed E-state index contributed by atoms with van der Waals surface area (Å²) >= 11 is 1.33. The number of amides is 1. The third kappa shape index (κ3) is 10.2. The van der Waals surface area contributed by atoms with E-state index in [2.05, 4.69) is 55.3 Å². The molecule has 1 saturated heterocycles. The molecular formula is C39H47F3N4O6S3Si. The van der Waals surface area contributed by atoms with E-state index in [1.165, 1.54) is 22.1 Å². The number of halogens is 3. The Morgan fingerprint density at radius 2 is 1.38 bits per heavy atom. The predicted octanol–water partition coefficient (Wildman–Crippen LogP) is 5.31. The molecule has 3 N–H and O–H groups in total. The summed E-state index contributed by atoms with van der Waals surface area (Å²) in [5.41, 5.74) is -6.22. The van der Waals surface area contributed by atoms with Crippen LogP contribution in [0.2, 0.25) is 5.04 Å². The molecule has 17 heteroatoms. The predicted molar refractivity (Wildman–Crippen MR) is 217 cm³/mol. The van der Waals surface area contributed by atoms with E-state index in [-0.39, 0.29) is 23.1 Å². The third-order valence-electron chi connectivity index (χ3n) is 9.72. The minimum absolute atomic E-state index is 0.167. The standard InChI is InChI=1S/C39H47F3N4O6S3Si/c1-38(2,3)56(33-15-9-5-10-16-33,34-17-11-6-12-18-34)52-26-25-45-21-23-46(24-22-45)37(47)27-30(29-53-31-13-7-4-8-14-31)44-35-20-19-32(55(43,50)51)28-36(35)54(48,49)39(40,41)42/h4-20,28,30,44H,21-27,29H2,1-3H3,(H2,43,50,51). The summed E-state index contributed by atoms with van der Waals surface area (Å²) in [5, 5.41) is 10.2. The summed E-state index contributed by atoms with van der Waals surface area (Å²) in [6, 6.07) is 31.3. The number of anilines is 1. The molecule has 1 amide bonds. The van der Waals surface area contributed by atoms with E-state index in [1.807, 2.05) is 66.7 Å². The number of thioether (sulfide) groups is 1. The molecule has 10 nitrogen and oxygen atoms in total. The van der Waals surface area contributed by atoms with Gasteiger partial charge in [-0.15, -0.1) is 11.8 Å². The van der Waals surface area contributed by atoms with Crippen LogP contribution < -0.4 is 20.8 Å². The number of carbonyl (C=O) groups is 1. The van der Waals surface area contributed by atoms with E-state index < -0.39 is 55.2 Å². The number of sulfonamides is 1. The van der Waals surface area contributed by atoms with Crippen LogP contribution in [0.25, 0.3) is 0 Å². The van der Waals surface area contributed by atoms with E-state index in [0.717, 1.165) is 17.0 Å². The van der Waals surface area contributed by atoms with Gasteiger partial charge in [-0.2, -0.15) is 13.2 Å². The van der Waals surface area contributed by atoms with Gasteiger partial charge in [0.15, 0.2) is 0 Å². The van der Waals surface area contributed by atoms with Crippen molar-refractivity contribution >= 4 is 61.9 Å². The Morgan fingerprint density at radius 1 is 0.839 bits per heavy atom. The molecule has 5 rings (SSSR count). The molecule has 0 spiro atoms. The average Bonchev–Trinajstić information content (AvgIpc) is 3.15. The number of benzene rings is 4. The van der Waals surface area contributed by atoms with E-state index in [1.54, 1.807) is 4.90 Å². The molecule has 1 atom stereocenters. The highest BCUT2D eigenvalue weighted by molar-refractivity contribution is 7.99. The highest BCUT2D eigenvalue weighted by Crippen LogP contribution is 2.38. The normalized spacial score (nSPS) is 15.4. The maximum absolute atomic E-state index is 13.8. The molecule has 4 aromatic carbocycles. The zero-order valence-corrected chi connectivity index (χ0v) is 34.9. The zero-order valence-electron chi connectivity index (χ0n) is 31.4. The molecule has 56 heavy (non-hydrogen) atoms. The number of primary sulfonamides is 1. The minimum Gasteiger partial charge on any atom is -0.406 e. The van der Waals surface area contributed by atoms with Crippen LogP contribution in [0.1, 0.15) is 27.2 Å². The van der Waals surface area contributed by atoms with Crippen LogP contribution >= 0.6 is 11.8 Å². The van der Waals surface area contributed by atoms with Crippen LogP contribution in [0.3, 0.4) is 0 Å². The van der Waals surface area contributed by atoms with Crippen LogP contribution in [0.4, 0.5) is 18.9 Å². The molecule has 0 bridgehead atoms. The van der Waals surface area contributed by atoms with Crippen molar-refractivity contribution in [2.45, 2.75) is 58.5 Å². The summed E-state index contributed by atoms with van der Waals surface area (Å²) in [6.07, 6.45) is -0.167. The van der Waals surface area contributed by atoms with Crippen LogP contribution in [0, 0.1) is 0 Å². The molecule has 1 aliphatic heterocycles. The minimum atomic E-state index is -6.01. The first-order valence-electron chi connectivity index (χ1n) is 18.0. The van der Waals surface area contributed by atoms with Gasteiger partial charge >= 0.3 is 5.51 Å². The number of nitrogens with one attached hydrogen (secondary N) is 1. The smallest absolute Gasteiger partial charge is 0.406 e. The van der Waals surface area contributed by atoms with Gasteiger partial charge in [-0.1, -0.05) is 99.6 Å². The summed E-state index contributed by atoms with van der Waals surface area (Å²) in [5.74, 6) is -0.0849. The molecule has 4 aromatic rings. The first kappa shape index (κ1) is 43.4. The monoisotopic (exact) mass is 848 g/mol. The highest BCUT2D eigenvalue weighted by atomic mass is 32.2. The lowest BCUT2D eigenvalue weighted by Crippen LogP contribution is -2.67. The number of piperazine rings is 1. The van der Waals surface area contributed by atoms with E-state index in [9.17, 15) is 34.8 Å². The van der Waals surface area contributed by atoms with Crippen molar-refractivity contribution in [2.75, 3.05) is 50.4 Å². The largest absolute Gasteiger partial charge is 0.501 e. The number of hydrogen-bond acceptors (Lipinski definition) is 9. The average molecular weight is 849 g/mol. The number of sulfone groups is 1. The molecule has 1 unspecified atom stereocenters. The summed E-state index contributed by atoms with van der Waals surface area (Å²) in [6.45, 7) is 9.78. The second-order valence-corrected chi connectivity index (χ2v) is 23.4. The molecule has 0 aliphatic carbocycles. The molecule has 302 valence electrons. The van der Waals surface area contributed by atoms with Gasteiger partial charge in [0.05, 0.1) is 10.6 Å². The highest BCUT2D eigenvalue weighted by Gasteiger charge is 2.50. The second kappa shape index (κ2) is 17.8. The molecule has 1 fully saturated rings. The Kier molecular flexibility index (Phi) is 13.8. The molecule has 0 radical (unpaired) electrons. The zero-order chi connectivity index (χ0) is 40.8. The van der Waals surface area contributed by atoms with E-state index in [0.29, 0.717) is 45.4 Å². The van der Waals surface area contributed by atoms with Crippen molar-refractivity contribution in [2.24, 2.45) is 5.14 Å². The fourth-order valence-electron chi connectivity index (χ4n) is 6.88. The van der Waals surface area contributed by atoms with Crippen molar-refractivity contribution in [1.82, 2.24) is 9.80 Å². The van der Waals surface area contributed by atoms with Gasteiger partial charge in [0.25, 0.3) is 18.2 Å². The number of nitrogens with two attached hydrogens (primary N) is 1. The van der Waals surface area contributed by atoms with Crippen molar-refractivity contribution in [3.8, 4) is 0 Å². The maximum atomic E-state index is 13.8. The number of rotatable bonds is 15. The third-order valence-corrected chi connectivity index (χ3v) is 18.4. The summed E-state index contributed by atoms with van der Waals surface area (Å²) < 4.78 is 97.7. The van der Waals surface area contributed by atoms with Crippen LogP contribution in [0.15, 0.2) is 124 Å². The SMILES string of the molecule is CC(C)(C)[Si](OCCN1CCN(C(=O)CC(CSc2ccccc2)Nc2ccc(S(N)(=O)=O)cc2S(=O)(=O)C(F)(F)F)CC1)(c1ccccc1)c1ccccc1. The quantitative estimate of drug-likeness (QED) is 0.120. The van der Waals surface area contributed by atoms with Crippen LogP contribution in [-0.4, -0.2) is 97.5 Å². The van der Waals surface area contributed by atoms with Gasteiger partial charge in [-0.25, -0.2) is 22.0 Å². The van der Waals surface area contributed by atoms with Gasteiger partial charge in [-0.3, -0.25) is 9.69 Å². The maximum Gasteiger partial charge on any atom is 0.501 e. The van der Waals surface area contributed by atoms with Gasteiger partial charge in [0.1, 0.15) is 4.90 Å². The van der Waals surface area contributed by atoms with Crippen molar-refractivity contribution in [1.29, 1.82) is 0 Å². The van der Waals surface area contributed by atoms with Crippen molar-refractivity contribution in [3.63, 3.8) is 0 Å². The van der Waals surface area contributed by atoms with Gasteiger partial charge in [0.2, 0.25) is 15.9 Å². The Labute approximate surface area is 332 Å². The first-order chi connectivity index (χ1) is 26.3.